The second kappa shape index (κ2) is 6.60. The van der Waals surface area contributed by atoms with Gasteiger partial charge in [-0.15, -0.1) is 0 Å². The first kappa shape index (κ1) is 13.1. The van der Waals surface area contributed by atoms with Crippen molar-refractivity contribution in [3.8, 4) is 0 Å². The Labute approximate surface area is 101 Å². The zero-order valence-corrected chi connectivity index (χ0v) is 10.0. The summed E-state index contributed by atoms with van der Waals surface area (Å²) < 4.78 is 0. The molecular formula is C13H16N2O2. The number of hydrogen-bond acceptors (Lipinski definition) is 3. The molecule has 1 rings (SSSR count). The van der Waals surface area contributed by atoms with E-state index in [4.69, 9.17) is 0 Å². The van der Waals surface area contributed by atoms with Crippen molar-refractivity contribution in [1.82, 2.24) is 10.2 Å². The van der Waals surface area contributed by atoms with Gasteiger partial charge in [0.1, 0.15) is 0 Å². The predicted molar refractivity (Wildman–Crippen MR) is 67.2 cm³/mol. The lowest BCUT2D eigenvalue weighted by Gasteiger charge is -2.07. The van der Waals surface area contributed by atoms with E-state index in [0.29, 0.717) is 0 Å². The molecule has 0 saturated heterocycles. The van der Waals surface area contributed by atoms with Crippen LogP contribution >= 0.6 is 0 Å². The van der Waals surface area contributed by atoms with Crippen molar-refractivity contribution >= 4 is 17.9 Å². The van der Waals surface area contributed by atoms with Crippen LogP contribution in [0.5, 0.6) is 0 Å². The number of carbonyl (C=O) groups is 2. The number of hydrogen-bond donors (Lipinski definition) is 1. The van der Waals surface area contributed by atoms with Gasteiger partial charge in [0.25, 0.3) is 5.91 Å². The quantitative estimate of drug-likeness (QED) is 0.785. The normalized spacial score (nSPS) is 10.8. The summed E-state index contributed by atoms with van der Waals surface area (Å²) in [6.45, 7) is 0.199. The molecule has 0 aliphatic rings. The lowest BCUT2D eigenvalue weighted by atomic mass is 10.2. The van der Waals surface area contributed by atoms with Crippen LogP contribution in [0.1, 0.15) is 5.56 Å². The van der Waals surface area contributed by atoms with Gasteiger partial charge < -0.3 is 4.90 Å². The second-order valence-electron chi connectivity index (χ2n) is 3.89. The molecule has 0 bridgehead atoms. The maximum absolute atomic E-state index is 11.4. The summed E-state index contributed by atoms with van der Waals surface area (Å²) in [4.78, 5) is 24.3. The fourth-order valence-electron chi connectivity index (χ4n) is 1.24. The van der Waals surface area contributed by atoms with Gasteiger partial charge >= 0.3 is 0 Å². The largest absolute Gasteiger partial charge is 0.301 e. The lowest BCUT2D eigenvalue weighted by molar-refractivity contribution is -0.128. The summed E-state index contributed by atoms with van der Waals surface area (Å²) in [7, 11) is 3.54. The molecule has 0 radical (unpaired) electrons. The van der Waals surface area contributed by atoms with E-state index in [-0.39, 0.29) is 12.5 Å². The molecule has 1 aromatic carbocycles. The van der Waals surface area contributed by atoms with Gasteiger partial charge in [-0.1, -0.05) is 30.3 Å². The average Bonchev–Trinajstić information content (AvgIpc) is 2.26. The van der Waals surface area contributed by atoms with Crippen LogP contribution in [-0.2, 0) is 9.59 Å². The molecule has 90 valence electrons. The summed E-state index contributed by atoms with van der Waals surface area (Å²) in [6.07, 6.45) is 3.02. The minimum atomic E-state index is -0.402. The van der Waals surface area contributed by atoms with E-state index in [1.54, 1.807) is 25.1 Å². The highest BCUT2D eigenvalue weighted by molar-refractivity contribution is 6.03. The average molecular weight is 232 g/mol. The van der Waals surface area contributed by atoms with Crippen LogP contribution in [-0.4, -0.2) is 37.4 Å². The molecule has 1 N–H and O–H groups in total. The molecule has 0 aromatic heterocycles. The Hall–Kier alpha value is -1.94. The van der Waals surface area contributed by atoms with E-state index in [1.807, 2.05) is 30.3 Å². The van der Waals surface area contributed by atoms with E-state index in [1.165, 1.54) is 6.08 Å². The highest BCUT2D eigenvalue weighted by Gasteiger charge is 2.05. The van der Waals surface area contributed by atoms with Gasteiger partial charge in [-0.3, -0.25) is 14.9 Å². The molecule has 0 aliphatic heterocycles. The topological polar surface area (TPSA) is 49.4 Å². The van der Waals surface area contributed by atoms with Gasteiger partial charge in [-0.25, -0.2) is 0 Å². The highest BCUT2D eigenvalue weighted by Crippen LogP contribution is 2.00. The molecule has 0 spiro atoms. The Morgan fingerprint density at radius 1 is 1.24 bits per heavy atom. The van der Waals surface area contributed by atoms with Crippen LogP contribution in [0.4, 0.5) is 0 Å². The van der Waals surface area contributed by atoms with Crippen molar-refractivity contribution < 1.29 is 9.59 Å². The first-order valence-corrected chi connectivity index (χ1v) is 5.29. The number of nitrogens with zero attached hydrogens (tertiary/aromatic N) is 1. The molecule has 1 aromatic rings. The number of rotatable bonds is 4. The zero-order valence-electron chi connectivity index (χ0n) is 10.0. The molecule has 4 heteroatoms. The minimum Gasteiger partial charge on any atom is -0.301 e. The third-order valence-corrected chi connectivity index (χ3v) is 1.95. The number of nitrogens with one attached hydrogen (secondary N) is 1. The first-order chi connectivity index (χ1) is 8.08. The third-order valence-electron chi connectivity index (χ3n) is 1.95. The van der Waals surface area contributed by atoms with E-state index < -0.39 is 5.91 Å². The smallest absolute Gasteiger partial charge is 0.250 e. The maximum Gasteiger partial charge on any atom is 0.250 e. The monoisotopic (exact) mass is 232 g/mol. The van der Waals surface area contributed by atoms with Crippen LogP contribution in [0, 0.1) is 0 Å². The van der Waals surface area contributed by atoms with Gasteiger partial charge in [0.15, 0.2) is 0 Å². The van der Waals surface area contributed by atoms with Crippen LogP contribution in [0.15, 0.2) is 36.4 Å². The predicted octanol–water partition coefficient (Wildman–Crippen LogP) is 0.904. The van der Waals surface area contributed by atoms with Crippen molar-refractivity contribution in [1.29, 1.82) is 0 Å². The van der Waals surface area contributed by atoms with Crippen molar-refractivity contribution in [2.45, 2.75) is 0 Å². The van der Waals surface area contributed by atoms with Crippen LogP contribution in [0.3, 0.4) is 0 Å². The fourth-order valence-corrected chi connectivity index (χ4v) is 1.24. The Bertz CT molecular complexity index is 411. The van der Waals surface area contributed by atoms with Crippen molar-refractivity contribution in [2.75, 3.05) is 20.6 Å². The van der Waals surface area contributed by atoms with E-state index >= 15 is 0 Å². The lowest BCUT2D eigenvalue weighted by Crippen LogP contribution is -2.36. The van der Waals surface area contributed by atoms with E-state index in [2.05, 4.69) is 5.32 Å². The Morgan fingerprint density at radius 2 is 1.88 bits per heavy atom. The summed E-state index contributed by atoms with van der Waals surface area (Å²) in [5.41, 5.74) is 0.919. The molecule has 0 unspecified atom stereocenters. The zero-order chi connectivity index (χ0) is 12.7. The number of amides is 2. The van der Waals surface area contributed by atoms with Gasteiger partial charge in [0, 0.05) is 6.08 Å². The number of carbonyl (C=O) groups excluding carboxylic acids is 2. The fraction of sp³-hybridized carbons (Fsp3) is 0.231. The number of benzene rings is 1. The number of imide groups is 1. The maximum atomic E-state index is 11.4. The van der Waals surface area contributed by atoms with Crippen LogP contribution < -0.4 is 5.32 Å². The molecule has 0 aliphatic carbocycles. The molecule has 2 amide bonds. The summed E-state index contributed by atoms with van der Waals surface area (Å²) in [5.74, 6) is -0.710. The first-order valence-electron chi connectivity index (χ1n) is 5.29. The number of likely N-dealkylation sites (N-methyl/N-ethyl adjacent to an activating group) is 1. The Kier molecular flexibility index (Phi) is 5.10. The molecule has 0 atom stereocenters. The molecular weight excluding hydrogens is 216 g/mol. The molecule has 0 heterocycles. The second-order valence-corrected chi connectivity index (χ2v) is 3.89. The van der Waals surface area contributed by atoms with Crippen LogP contribution in [0.2, 0.25) is 0 Å². The highest BCUT2D eigenvalue weighted by atomic mass is 16.2. The SMILES string of the molecule is CN(C)CC(=O)NC(=O)/C=C/c1ccccc1. The van der Waals surface area contributed by atoms with Crippen LogP contribution in [0.25, 0.3) is 6.08 Å². The molecule has 17 heavy (non-hydrogen) atoms. The molecule has 0 fully saturated rings. The van der Waals surface area contributed by atoms with Gasteiger partial charge in [0.2, 0.25) is 5.91 Å². The third kappa shape index (κ3) is 5.63. The molecule has 4 nitrogen and oxygen atoms in total. The molecule has 0 saturated carbocycles. The van der Waals surface area contributed by atoms with Gasteiger partial charge in [-0.05, 0) is 25.7 Å². The van der Waals surface area contributed by atoms with Crippen molar-refractivity contribution in [3.05, 3.63) is 42.0 Å². The summed E-state index contributed by atoms with van der Waals surface area (Å²) >= 11 is 0. The standard InChI is InChI=1S/C13H16N2O2/c1-15(2)10-13(17)14-12(16)9-8-11-6-4-3-5-7-11/h3-9H,10H2,1-2H3,(H,14,16,17)/b9-8+. The van der Waals surface area contributed by atoms with E-state index in [9.17, 15) is 9.59 Å². The van der Waals surface area contributed by atoms with Crippen molar-refractivity contribution in [2.24, 2.45) is 0 Å². The Morgan fingerprint density at radius 3 is 2.47 bits per heavy atom. The Balaban J connectivity index is 2.45. The summed E-state index contributed by atoms with van der Waals surface area (Å²) in [5, 5.41) is 2.28. The summed E-state index contributed by atoms with van der Waals surface area (Å²) in [6, 6.07) is 9.43. The van der Waals surface area contributed by atoms with E-state index in [0.717, 1.165) is 5.56 Å². The van der Waals surface area contributed by atoms with Gasteiger partial charge in [0.05, 0.1) is 6.54 Å². The van der Waals surface area contributed by atoms with Gasteiger partial charge in [-0.2, -0.15) is 0 Å². The minimum absolute atomic E-state index is 0.199. The van der Waals surface area contributed by atoms with Crippen molar-refractivity contribution in [3.63, 3.8) is 0 Å².